The molecule has 7 nitrogen and oxygen atoms in total. The van der Waals surface area contributed by atoms with E-state index in [0.29, 0.717) is 11.3 Å². The number of hydrogen-bond donors (Lipinski definition) is 1. The van der Waals surface area contributed by atoms with Crippen LogP contribution in [0.3, 0.4) is 0 Å². The van der Waals surface area contributed by atoms with Gasteiger partial charge >= 0.3 is 0 Å². The predicted octanol–water partition coefficient (Wildman–Crippen LogP) is 2.76. The third-order valence-corrected chi connectivity index (χ3v) is 8.49. The number of benzene rings is 2. The first-order valence-electron chi connectivity index (χ1n) is 11.1. The summed E-state index contributed by atoms with van der Waals surface area (Å²) in [5.74, 6) is -0.544. The Balaban J connectivity index is 1.42. The van der Waals surface area contributed by atoms with E-state index in [9.17, 15) is 18.0 Å². The van der Waals surface area contributed by atoms with Crippen LogP contribution >= 0.6 is 11.3 Å². The van der Waals surface area contributed by atoms with Crippen LogP contribution in [-0.2, 0) is 27.0 Å². The number of carbonyl (C=O) groups excluding carboxylic acids is 2. The van der Waals surface area contributed by atoms with Crippen LogP contribution in [0.1, 0.15) is 20.8 Å². The molecule has 0 aliphatic carbocycles. The summed E-state index contributed by atoms with van der Waals surface area (Å²) in [6.07, 6.45) is 0.364. The molecule has 1 atom stereocenters. The standard InChI is InChI=1S/C25H27N3O4S2/c29-24(23-12-7-17-33-23)26-22(18-20-8-3-1-4-9-20)25(30)27-13-15-28(16-14-27)34(31,32)19-21-10-5-2-6-11-21/h1-12,17,22H,13-16,18-19H2,(H,26,29)/t22-/m0/s1. The molecule has 2 aromatic carbocycles. The molecule has 1 fully saturated rings. The summed E-state index contributed by atoms with van der Waals surface area (Å²) in [6, 6.07) is 21.4. The highest BCUT2D eigenvalue weighted by molar-refractivity contribution is 7.88. The van der Waals surface area contributed by atoms with Crippen molar-refractivity contribution in [3.63, 3.8) is 0 Å². The van der Waals surface area contributed by atoms with E-state index >= 15 is 0 Å². The molecule has 2 amide bonds. The summed E-state index contributed by atoms with van der Waals surface area (Å²) in [5, 5.41) is 4.71. The Bertz CT molecular complexity index is 1190. The molecule has 9 heteroatoms. The zero-order chi connectivity index (χ0) is 24.0. The van der Waals surface area contributed by atoms with Crippen molar-refractivity contribution < 1.29 is 18.0 Å². The van der Waals surface area contributed by atoms with Crippen LogP contribution in [-0.4, -0.2) is 61.7 Å². The molecule has 1 aliphatic rings. The maximum atomic E-state index is 13.4. The van der Waals surface area contributed by atoms with Crippen molar-refractivity contribution in [2.75, 3.05) is 26.2 Å². The van der Waals surface area contributed by atoms with Gasteiger partial charge in [0, 0.05) is 32.6 Å². The lowest BCUT2D eigenvalue weighted by molar-refractivity contribution is -0.134. The number of amides is 2. The Hall–Kier alpha value is -3.01. The second kappa shape index (κ2) is 10.9. The molecule has 1 aliphatic heterocycles. The van der Waals surface area contributed by atoms with Gasteiger partial charge in [-0.25, -0.2) is 8.42 Å². The zero-order valence-electron chi connectivity index (χ0n) is 18.7. The van der Waals surface area contributed by atoms with Crippen molar-refractivity contribution in [1.82, 2.24) is 14.5 Å². The van der Waals surface area contributed by atoms with Gasteiger partial charge < -0.3 is 10.2 Å². The van der Waals surface area contributed by atoms with Crippen LogP contribution in [0.25, 0.3) is 0 Å². The van der Waals surface area contributed by atoms with Crippen molar-refractivity contribution >= 4 is 33.2 Å². The van der Waals surface area contributed by atoms with Gasteiger partial charge in [0.25, 0.3) is 5.91 Å². The van der Waals surface area contributed by atoms with Crippen molar-refractivity contribution in [3.8, 4) is 0 Å². The summed E-state index contributed by atoms with van der Waals surface area (Å²) in [6.45, 7) is 1.04. The molecule has 0 bridgehead atoms. The average molecular weight is 498 g/mol. The van der Waals surface area contributed by atoms with Gasteiger partial charge in [0.2, 0.25) is 15.9 Å². The minimum atomic E-state index is -3.48. The number of thiophene rings is 1. The first-order chi connectivity index (χ1) is 16.4. The summed E-state index contributed by atoms with van der Waals surface area (Å²) in [4.78, 5) is 28.3. The Morgan fingerprint density at radius 1 is 0.853 bits per heavy atom. The quantitative estimate of drug-likeness (QED) is 0.519. The molecule has 1 N–H and O–H groups in total. The van der Waals surface area contributed by atoms with Gasteiger partial charge in [-0.05, 0) is 22.6 Å². The molecule has 0 spiro atoms. The number of rotatable bonds is 8. The summed E-state index contributed by atoms with van der Waals surface area (Å²) < 4.78 is 27.1. The maximum absolute atomic E-state index is 13.4. The van der Waals surface area contributed by atoms with E-state index < -0.39 is 16.1 Å². The molecular formula is C25H27N3O4S2. The summed E-state index contributed by atoms with van der Waals surface area (Å²) in [5.41, 5.74) is 1.68. The van der Waals surface area contributed by atoms with Crippen LogP contribution in [0.5, 0.6) is 0 Å². The first-order valence-corrected chi connectivity index (χ1v) is 13.6. The summed E-state index contributed by atoms with van der Waals surface area (Å²) in [7, 11) is -3.48. The van der Waals surface area contributed by atoms with Crippen LogP contribution < -0.4 is 5.32 Å². The minimum absolute atomic E-state index is 0.0602. The van der Waals surface area contributed by atoms with Gasteiger partial charge in [0.05, 0.1) is 10.6 Å². The van der Waals surface area contributed by atoms with E-state index in [1.807, 2.05) is 53.9 Å². The van der Waals surface area contributed by atoms with E-state index in [2.05, 4.69) is 5.32 Å². The number of nitrogens with one attached hydrogen (secondary N) is 1. The van der Waals surface area contributed by atoms with Crippen molar-refractivity contribution in [1.29, 1.82) is 0 Å². The third kappa shape index (κ3) is 6.11. The largest absolute Gasteiger partial charge is 0.339 e. The first kappa shape index (κ1) is 24.1. The van der Waals surface area contributed by atoms with Gasteiger partial charge in [0.15, 0.2) is 0 Å². The lowest BCUT2D eigenvalue weighted by Crippen LogP contribution is -2.56. The molecule has 178 valence electrons. The molecule has 4 rings (SSSR count). The fourth-order valence-corrected chi connectivity index (χ4v) is 6.11. The van der Waals surface area contributed by atoms with E-state index in [-0.39, 0.29) is 43.7 Å². The van der Waals surface area contributed by atoms with Gasteiger partial charge in [-0.2, -0.15) is 4.31 Å². The second-order valence-corrected chi connectivity index (χ2v) is 11.1. The van der Waals surface area contributed by atoms with Crippen LogP contribution in [0.15, 0.2) is 78.2 Å². The van der Waals surface area contributed by atoms with Gasteiger partial charge in [-0.3, -0.25) is 9.59 Å². The number of piperazine rings is 1. The Labute approximate surface area is 204 Å². The highest BCUT2D eigenvalue weighted by Gasteiger charge is 2.32. The van der Waals surface area contributed by atoms with E-state index in [0.717, 1.165) is 11.1 Å². The number of nitrogens with zero attached hydrogens (tertiary/aromatic N) is 2. The SMILES string of the molecule is O=C(N[C@@H](Cc1ccccc1)C(=O)N1CCN(S(=O)(=O)Cc2ccccc2)CC1)c1cccs1. The fraction of sp³-hybridized carbons (Fsp3) is 0.280. The molecular weight excluding hydrogens is 470 g/mol. The second-order valence-electron chi connectivity index (χ2n) is 8.16. The Morgan fingerprint density at radius 3 is 2.06 bits per heavy atom. The molecule has 0 saturated carbocycles. The van der Waals surface area contributed by atoms with Crippen LogP contribution in [0, 0.1) is 0 Å². The monoisotopic (exact) mass is 497 g/mol. The predicted molar refractivity (Wildman–Crippen MR) is 133 cm³/mol. The molecule has 1 saturated heterocycles. The molecule has 1 aromatic heterocycles. The van der Waals surface area contributed by atoms with Gasteiger partial charge in [-0.1, -0.05) is 66.7 Å². The topological polar surface area (TPSA) is 86.8 Å². The van der Waals surface area contributed by atoms with Crippen molar-refractivity contribution in [3.05, 3.63) is 94.2 Å². The summed E-state index contributed by atoms with van der Waals surface area (Å²) >= 11 is 1.32. The number of carbonyl (C=O) groups is 2. The van der Waals surface area contributed by atoms with Gasteiger partial charge in [-0.15, -0.1) is 11.3 Å². The maximum Gasteiger partial charge on any atom is 0.262 e. The third-order valence-electron chi connectivity index (χ3n) is 5.77. The van der Waals surface area contributed by atoms with Crippen LogP contribution in [0.4, 0.5) is 0 Å². The molecule has 0 unspecified atom stereocenters. The highest BCUT2D eigenvalue weighted by Crippen LogP contribution is 2.16. The zero-order valence-corrected chi connectivity index (χ0v) is 20.3. The van der Waals surface area contributed by atoms with Gasteiger partial charge in [0.1, 0.15) is 6.04 Å². The van der Waals surface area contributed by atoms with E-state index in [4.69, 9.17) is 0 Å². The van der Waals surface area contributed by atoms with Crippen molar-refractivity contribution in [2.24, 2.45) is 0 Å². The fourth-order valence-electron chi connectivity index (χ4n) is 3.97. The Morgan fingerprint density at radius 2 is 1.47 bits per heavy atom. The number of sulfonamides is 1. The molecule has 0 radical (unpaired) electrons. The lowest BCUT2D eigenvalue weighted by atomic mass is 10.0. The van der Waals surface area contributed by atoms with E-state index in [1.54, 1.807) is 29.2 Å². The number of hydrogen-bond acceptors (Lipinski definition) is 5. The van der Waals surface area contributed by atoms with E-state index in [1.165, 1.54) is 15.6 Å². The molecule has 3 aromatic rings. The lowest BCUT2D eigenvalue weighted by Gasteiger charge is -2.36. The molecule has 34 heavy (non-hydrogen) atoms. The minimum Gasteiger partial charge on any atom is -0.339 e. The van der Waals surface area contributed by atoms with Crippen LogP contribution in [0.2, 0.25) is 0 Å². The smallest absolute Gasteiger partial charge is 0.262 e. The Kier molecular flexibility index (Phi) is 7.77. The average Bonchev–Trinajstić information content (AvgIpc) is 3.40. The highest BCUT2D eigenvalue weighted by atomic mass is 32.2. The van der Waals surface area contributed by atoms with Crippen molar-refractivity contribution in [2.45, 2.75) is 18.2 Å². The molecule has 2 heterocycles. The normalized spacial score (nSPS) is 15.6.